The number of benzene rings is 1. The lowest BCUT2D eigenvalue weighted by Gasteiger charge is -2.27. The summed E-state index contributed by atoms with van der Waals surface area (Å²) in [6, 6.07) is 10.8. The Labute approximate surface area is 123 Å². The Bertz CT molecular complexity index is 329. The van der Waals surface area contributed by atoms with Crippen molar-refractivity contribution in [3.05, 3.63) is 35.9 Å². The Morgan fingerprint density at radius 3 is 2.35 bits per heavy atom. The summed E-state index contributed by atoms with van der Waals surface area (Å²) in [6.07, 6.45) is 2.23. The van der Waals surface area contributed by atoms with E-state index in [1.165, 1.54) is 5.56 Å². The van der Waals surface area contributed by atoms with Crippen LogP contribution in [0.15, 0.2) is 30.3 Å². The summed E-state index contributed by atoms with van der Waals surface area (Å²) in [5, 5.41) is 3.54. The van der Waals surface area contributed by atoms with Crippen molar-refractivity contribution < 1.29 is 9.47 Å². The van der Waals surface area contributed by atoms with Gasteiger partial charge >= 0.3 is 0 Å². The molecule has 114 valence electrons. The summed E-state index contributed by atoms with van der Waals surface area (Å²) in [6.45, 7) is 9.51. The summed E-state index contributed by atoms with van der Waals surface area (Å²) >= 11 is 0. The van der Waals surface area contributed by atoms with Crippen LogP contribution < -0.4 is 5.32 Å². The minimum absolute atomic E-state index is 0.183. The van der Waals surface area contributed by atoms with Crippen molar-refractivity contribution in [2.24, 2.45) is 0 Å². The van der Waals surface area contributed by atoms with Gasteiger partial charge < -0.3 is 14.8 Å². The summed E-state index contributed by atoms with van der Waals surface area (Å²) in [4.78, 5) is 0. The first-order valence-electron chi connectivity index (χ1n) is 7.81. The third-order valence-electron chi connectivity index (χ3n) is 3.26. The van der Waals surface area contributed by atoms with Crippen LogP contribution in [0.2, 0.25) is 0 Å². The molecule has 0 amide bonds. The average molecular weight is 279 g/mol. The smallest absolute Gasteiger partial charge is 0.0768 e. The van der Waals surface area contributed by atoms with E-state index in [0.717, 1.165) is 26.0 Å². The molecule has 0 bridgehead atoms. The van der Waals surface area contributed by atoms with Crippen molar-refractivity contribution >= 4 is 0 Å². The first kappa shape index (κ1) is 17.2. The zero-order valence-corrected chi connectivity index (χ0v) is 13.1. The quantitative estimate of drug-likeness (QED) is 0.628. The van der Waals surface area contributed by atoms with Crippen LogP contribution in [-0.2, 0) is 9.47 Å². The highest BCUT2D eigenvalue weighted by Crippen LogP contribution is 2.21. The molecule has 1 rings (SSSR count). The Morgan fingerprint density at radius 1 is 1.00 bits per heavy atom. The SMILES string of the molecule is CCCOCCOC(CC)C(NCC)c1ccccc1. The number of ether oxygens (including phenoxy) is 2. The van der Waals surface area contributed by atoms with Crippen LogP contribution in [0.5, 0.6) is 0 Å². The van der Waals surface area contributed by atoms with E-state index < -0.39 is 0 Å². The largest absolute Gasteiger partial charge is 0.379 e. The number of nitrogens with one attached hydrogen (secondary N) is 1. The van der Waals surface area contributed by atoms with Gasteiger partial charge in [-0.25, -0.2) is 0 Å². The second-order valence-electron chi connectivity index (χ2n) is 4.88. The van der Waals surface area contributed by atoms with Crippen molar-refractivity contribution in [3.63, 3.8) is 0 Å². The van der Waals surface area contributed by atoms with Crippen LogP contribution in [0.25, 0.3) is 0 Å². The fraction of sp³-hybridized carbons (Fsp3) is 0.647. The molecular weight excluding hydrogens is 250 g/mol. The van der Waals surface area contributed by atoms with Gasteiger partial charge in [0, 0.05) is 6.61 Å². The Hall–Kier alpha value is -0.900. The molecular formula is C17H29NO2. The van der Waals surface area contributed by atoms with Crippen molar-refractivity contribution in [1.82, 2.24) is 5.32 Å². The topological polar surface area (TPSA) is 30.5 Å². The maximum Gasteiger partial charge on any atom is 0.0768 e. The van der Waals surface area contributed by atoms with Gasteiger partial charge in [-0.05, 0) is 24.9 Å². The third kappa shape index (κ3) is 6.04. The minimum Gasteiger partial charge on any atom is -0.379 e. The zero-order chi connectivity index (χ0) is 14.6. The minimum atomic E-state index is 0.183. The Kier molecular flexibility index (Phi) is 9.29. The zero-order valence-electron chi connectivity index (χ0n) is 13.1. The number of hydrogen-bond acceptors (Lipinski definition) is 3. The van der Waals surface area contributed by atoms with Crippen molar-refractivity contribution in [2.75, 3.05) is 26.4 Å². The first-order chi connectivity index (χ1) is 9.83. The van der Waals surface area contributed by atoms with E-state index in [1.54, 1.807) is 0 Å². The van der Waals surface area contributed by atoms with E-state index in [-0.39, 0.29) is 12.1 Å². The molecule has 1 aromatic rings. The number of rotatable bonds is 11. The molecule has 1 N–H and O–H groups in total. The molecule has 0 heterocycles. The Balaban J connectivity index is 2.53. The van der Waals surface area contributed by atoms with Crippen molar-refractivity contribution in [2.45, 2.75) is 45.8 Å². The van der Waals surface area contributed by atoms with Gasteiger partial charge in [0.05, 0.1) is 25.4 Å². The number of hydrogen-bond donors (Lipinski definition) is 1. The lowest BCUT2D eigenvalue weighted by molar-refractivity contribution is -0.0134. The van der Waals surface area contributed by atoms with Crippen LogP contribution in [0.4, 0.5) is 0 Å². The average Bonchev–Trinajstić information content (AvgIpc) is 2.50. The molecule has 0 radical (unpaired) electrons. The van der Waals surface area contributed by atoms with Crippen molar-refractivity contribution in [3.8, 4) is 0 Å². The molecule has 20 heavy (non-hydrogen) atoms. The van der Waals surface area contributed by atoms with Crippen molar-refractivity contribution in [1.29, 1.82) is 0 Å². The normalized spacial score (nSPS) is 14.2. The molecule has 2 unspecified atom stereocenters. The molecule has 0 saturated heterocycles. The molecule has 0 aliphatic heterocycles. The van der Waals surface area contributed by atoms with Gasteiger partial charge in [-0.1, -0.05) is 51.1 Å². The Morgan fingerprint density at radius 2 is 1.75 bits per heavy atom. The monoisotopic (exact) mass is 279 g/mol. The van der Waals surface area contributed by atoms with Gasteiger partial charge in [0.2, 0.25) is 0 Å². The van der Waals surface area contributed by atoms with E-state index in [0.29, 0.717) is 13.2 Å². The highest BCUT2D eigenvalue weighted by atomic mass is 16.5. The van der Waals surface area contributed by atoms with Crippen LogP contribution in [0.1, 0.15) is 45.2 Å². The standard InChI is InChI=1S/C17H29NO2/c1-4-12-19-13-14-20-16(5-2)17(18-6-3)15-10-8-7-9-11-15/h7-11,16-18H,4-6,12-14H2,1-3H3. The predicted octanol–water partition coefficient (Wildman–Crippen LogP) is 3.56. The predicted molar refractivity (Wildman–Crippen MR) is 84.0 cm³/mol. The molecule has 0 fully saturated rings. The van der Waals surface area contributed by atoms with Gasteiger partial charge in [-0.15, -0.1) is 0 Å². The molecule has 0 aliphatic carbocycles. The molecule has 0 saturated carbocycles. The molecule has 2 atom stereocenters. The molecule has 3 nitrogen and oxygen atoms in total. The summed E-state index contributed by atoms with van der Waals surface area (Å²) in [7, 11) is 0. The summed E-state index contributed by atoms with van der Waals surface area (Å²) < 4.78 is 11.5. The van der Waals surface area contributed by atoms with Gasteiger partial charge in [0.1, 0.15) is 0 Å². The van der Waals surface area contributed by atoms with Crippen LogP contribution in [0, 0.1) is 0 Å². The number of likely N-dealkylation sites (N-methyl/N-ethyl adjacent to an activating group) is 1. The molecule has 0 spiro atoms. The lowest BCUT2D eigenvalue weighted by Crippen LogP contribution is -2.34. The van der Waals surface area contributed by atoms with Crippen LogP contribution >= 0.6 is 0 Å². The highest BCUT2D eigenvalue weighted by molar-refractivity contribution is 5.20. The molecule has 3 heteroatoms. The third-order valence-corrected chi connectivity index (χ3v) is 3.26. The van der Waals surface area contributed by atoms with E-state index in [4.69, 9.17) is 9.47 Å². The fourth-order valence-electron chi connectivity index (χ4n) is 2.30. The first-order valence-corrected chi connectivity index (χ1v) is 7.81. The molecule has 1 aromatic carbocycles. The maximum atomic E-state index is 6.02. The lowest BCUT2D eigenvalue weighted by atomic mass is 9.99. The highest BCUT2D eigenvalue weighted by Gasteiger charge is 2.21. The van der Waals surface area contributed by atoms with Crippen LogP contribution in [0.3, 0.4) is 0 Å². The van der Waals surface area contributed by atoms with Gasteiger partial charge in [0.15, 0.2) is 0 Å². The second-order valence-corrected chi connectivity index (χ2v) is 4.88. The van der Waals surface area contributed by atoms with E-state index in [9.17, 15) is 0 Å². The van der Waals surface area contributed by atoms with E-state index >= 15 is 0 Å². The van der Waals surface area contributed by atoms with E-state index in [1.807, 2.05) is 6.07 Å². The van der Waals surface area contributed by atoms with Gasteiger partial charge in [0.25, 0.3) is 0 Å². The summed E-state index contributed by atoms with van der Waals surface area (Å²) in [5.41, 5.74) is 1.29. The van der Waals surface area contributed by atoms with Crippen LogP contribution in [-0.4, -0.2) is 32.5 Å². The fourth-order valence-corrected chi connectivity index (χ4v) is 2.30. The maximum absolute atomic E-state index is 6.02. The molecule has 0 aromatic heterocycles. The second kappa shape index (κ2) is 10.8. The van der Waals surface area contributed by atoms with Gasteiger partial charge in [-0.3, -0.25) is 0 Å². The van der Waals surface area contributed by atoms with E-state index in [2.05, 4.69) is 50.4 Å². The molecule has 0 aliphatic rings. The summed E-state index contributed by atoms with van der Waals surface area (Å²) in [5.74, 6) is 0. The van der Waals surface area contributed by atoms with Gasteiger partial charge in [-0.2, -0.15) is 0 Å².